The molecule has 1 aromatic rings. The molecule has 4 nitrogen and oxygen atoms in total. The Morgan fingerprint density at radius 2 is 1.80 bits per heavy atom. The molecule has 25 heavy (non-hydrogen) atoms. The van der Waals surface area contributed by atoms with Crippen LogP contribution in [0.4, 0.5) is 0 Å². The first-order valence-electron chi connectivity index (χ1n) is 9.43. The fourth-order valence-corrected chi connectivity index (χ4v) is 3.41. The summed E-state index contributed by atoms with van der Waals surface area (Å²) >= 11 is 0. The molecule has 0 unspecified atom stereocenters. The minimum absolute atomic E-state index is 0.261. The van der Waals surface area contributed by atoms with E-state index in [9.17, 15) is 4.79 Å². The van der Waals surface area contributed by atoms with Crippen LogP contribution in [0.3, 0.4) is 0 Å². The fourth-order valence-electron chi connectivity index (χ4n) is 3.41. The Morgan fingerprint density at radius 3 is 2.32 bits per heavy atom. The van der Waals surface area contributed by atoms with Crippen molar-refractivity contribution in [3.63, 3.8) is 0 Å². The van der Waals surface area contributed by atoms with E-state index in [1.165, 1.54) is 11.1 Å². The van der Waals surface area contributed by atoms with Gasteiger partial charge in [-0.05, 0) is 44.7 Å². The number of nitrogens with zero attached hydrogens (tertiary/aromatic N) is 1. The fraction of sp³-hybridized carbons (Fsp3) is 0.667. The van der Waals surface area contributed by atoms with E-state index in [1.54, 1.807) is 0 Å². The maximum atomic E-state index is 12.4. The van der Waals surface area contributed by atoms with E-state index in [0.29, 0.717) is 12.6 Å². The van der Waals surface area contributed by atoms with Gasteiger partial charge in [0.1, 0.15) is 12.4 Å². The topological polar surface area (TPSA) is 41.6 Å². The number of aryl methyl sites for hydroxylation is 2. The second-order valence-corrected chi connectivity index (χ2v) is 8.42. The summed E-state index contributed by atoms with van der Waals surface area (Å²) in [7, 11) is 0. The van der Waals surface area contributed by atoms with Gasteiger partial charge in [-0.15, -0.1) is 0 Å². The zero-order chi connectivity index (χ0) is 18.6. The highest BCUT2D eigenvalue weighted by Crippen LogP contribution is 2.23. The van der Waals surface area contributed by atoms with Crippen LogP contribution in [0.1, 0.15) is 51.7 Å². The van der Waals surface area contributed by atoms with Crippen LogP contribution in [-0.4, -0.2) is 42.6 Å². The molecule has 1 aliphatic rings. The van der Waals surface area contributed by atoms with Crippen LogP contribution in [0.15, 0.2) is 18.2 Å². The number of ether oxygens (including phenoxy) is 1. The van der Waals surface area contributed by atoms with Gasteiger partial charge in [-0.3, -0.25) is 4.79 Å². The van der Waals surface area contributed by atoms with Gasteiger partial charge >= 0.3 is 0 Å². The van der Waals surface area contributed by atoms with E-state index < -0.39 is 0 Å². The van der Waals surface area contributed by atoms with Crippen molar-refractivity contribution in [3.05, 3.63) is 29.3 Å². The van der Waals surface area contributed by atoms with Crippen LogP contribution in [0.25, 0.3) is 0 Å². The standard InChI is InChI=1S/C21H34N2O2/c1-15-8-7-9-16(2)19(15)25-14-17(3)22-18-10-12-23(13-11-18)20(24)21(4,5)6/h7-9,17-18,22H,10-14H2,1-6H3/t17-/m1/s1. The van der Waals surface area contributed by atoms with E-state index in [4.69, 9.17) is 4.74 Å². The van der Waals surface area contributed by atoms with Gasteiger partial charge < -0.3 is 15.0 Å². The van der Waals surface area contributed by atoms with Gasteiger partial charge in [-0.2, -0.15) is 0 Å². The Morgan fingerprint density at radius 1 is 1.24 bits per heavy atom. The number of piperidine rings is 1. The normalized spacial score (nSPS) is 17.4. The van der Waals surface area contributed by atoms with Gasteiger partial charge in [0.05, 0.1) is 0 Å². The van der Waals surface area contributed by atoms with E-state index >= 15 is 0 Å². The van der Waals surface area contributed by atoms with Crippen molar-refractivity contribution in [2.45, 2.75) is 66.5 Å². The highest BCUT2D eigenvalue weighted by atomic mass is 16.5. The zero-order valence-electron chi connectivity index (χ0n) is 16.7. The number of likely N-dealkylation sites (tertiary alicyclic amines) is 1. The predicted octanol–water partition coefficient (Wildman–Crippen LogP) is 3.70. The summed E-state index contributed by atoms with van der Waals surface area (Å²) in [4.78, 5) is 14.4. The largest absolute Gasteiger partial charge is 0.491 e. The summed E-state index contributed by atoms with van der Waals surface area (Å²) in [6, 6.07) is 6.98. The van der Waals surface area contributed by atoms with Crippen molar-refractivity contribution in [2.75, 3.05) is 19.7 Å². The van der Waals surface area contributed by atoms with Crippen molar-refractivity contribution in [1.29, 1.82) is 0 Å². The Bertz CT molecular complexity index is 564. The molecular weight excluding hydrogens is 312 g/mol. The number of carbonyl (C=O) groups is 1. The molecule has 0 aromatic heterocycles. The van der Waals surface area contributed by atoms with Crippen molar-refractivity contribution >= 4 is 5.91 Å². The van der Waals surface area contributed by atoms with Crippen molar-refractivity contribution < 1.29 is 9.53 Å². The molecular formula is C21H34N2O2. The Hall–Kier alpha value is -1.55. The number of hydrogen-bond acceptors (Lipinski definition) is 3. The third-order valence-corrected chi connectivity index (χ3v) is 4.83. The summed E-state index contributed by atoms with van der Waals surface area (Å²) < 4.78 is 6.05. The van der Waals surface area contributed by atoms with Gasteiger partial charge in [0.2, 0.25) is 5.91 Å². The molecule has 140 valence electrons. The quantitative estimate of drug-likeness (QED) is 0.884. The Labute approximate surface area is 152 Å². The van der Waals surface area contributed by atoms with Crippen molar-refractivity contribution in [2.24, 2.45) is 5.41 Å². The van der Waals surface area contributed by atoms with Crippen LogP contribution < -0.4 is 10.1 Å². The molecule has 1 N–H and O–H groups in total. The molecule has 0 radical (unpaired) electrons. The van der Waals surface area contributed by atoms with E-state index in [-0.39, 0.29) is 17.4 Å². The highest BCUT2D eigenvalue weighted by molar-refractivity contribution is 5.81. The first-order valence-corrected chi connectivity index (χ1v) is 9.43. The summed E-state index contributed by atoms with van der Waals surface area (Å²) in [5.41, 5.74) is 2.08. The molecule has 1 heterocycles. The number of para-hydroxylation sites is 1. The van der Waals surface area contributed by atoms with Crippen molar-refractivity contribution in [3.8, 4) is 5.75 Å². The van der Waals surface area contributed by atoms with Gasteiger partial charge in [0, 0.05) is 30.6 Å². The summed E-state index contributed by atoms with van der Waals surface area (Å²) in [6.07, 6.45) is 2.02. The van der Waals surface area contributed by atoms with Crippen molar-refractivity contribution in [1.82, 2.24) is 10.2 Å². The Balaban J connectivity index is 1.77. The summed E-state index contributed by atoms with van der Waals surface area (Å²) in [5.74, 6) is 1.26. The van der Waals surface area contributed by atoms with Gasteiger partial charge in [-0.25, -0.2) is 0 Å². The first-order chi connectivity index (χ1) is 11.7. The van der Waals surface area contributed by atoms with Crippen LogP contribution >= 0.6 is 0 Å². The average molecular weight is 347 g/mol. The number of rotatable bonds is 5. The molecule has 0 bridgehead atoms. The van der Waals surface area contributed by atoms with E-state index in [2.05, 4.69) is 44.3 Å². The first kappa shape index (κ1) is 19.8. The zero-order valence-corrected chi connectivity index (χ0v) is 16.7. The summed E-state index contributed by atoms with van der Waals surface area (Å²) in [5, 5.41) is 3.66. The minimum Gasteiger partial charge on any atom is -0.491 e. The number of amides is 1. The molecule has 1 fully saturated rings. The van der Waals surface area contributed by atoms with Gasteiger partial charge in [0.25, 0.3) is 0 Å². The molecule has 1 aliphatic heterocycles. The third-order valence-electron chi connectivity index (χ3n) is 4.83. The monoisotopic (exact) mass is 346 g/mol. The highest BCUT2D eigenvalue weighted by Gasteiger charge is 2.30. The van der Waals surface area contributed by atoms with Crippen LogP contribution in [0.5, 0.6) is 5.75 Å². The second kappa shape index (κ2) is 8.22. The third kappa shape index (κ3) is 5.46. The molecule has 2 rings (SSSR count). The SMILES string of the molecule is Cc1cccc(C)c1OC[C@@H](C)NC1CCN(C(=O)C(C)(C)C)CC1. The van der Waals surface area contributed by atoms with Crippen LogP contribution in [0.2, 0.25) is 0 Å². The maximum absolute atomic E-state index is 12.4. The van der Waals surface area contributed by atoms with Gasteiger partial charge in [0.15, 0.2) is 0 Å². The lowest BCUT2D eigenvalue weighted by Gasteiger charge is -2.37. The second-order valence-electron chi connectivity index (χ2n) is 8.42. The number of carbonyl (C=O) groups excluding carboxylic acids is 1. The lowest BCUT2D eigenvalue weighted by atomic mass is 9.93. The molecule has 1 amide bonds. The molecule has 1 saturated heterocycles. The lowest BCUT2D eigenvalue weighted by molar-refractivity contribution is -0.140. The Kier molecular flexibility index (Phi) is 6.50. The number of nitrogens with one attached hydrogen (secondary N) is 1. The lowest BCUT2D eigenvalue weighted by Crippen LogP contribution is -2.50. The van der Waals surface area contributed by atoms with E-state index in [0.717, 1.165) is 31.7 Å². The smallest absolute Gasteiger partial charge is 0.227 e. The molecule has 1 aromatic carbocycles. The minimum atomic E-state index is -0.285. The summed E-state index contributed by atoms with van der Waals surface area (Å²) in [6.45, 7) is 14.7. The van der Waals surface area contributed by atoms with Crippen LogP contribution in [0, 0.1) is 19.3 Å². The number of hydrogen-bond donors (Lipinski definition) is 1. The molecule has 0 aliphatic carbocycles. The van der Waals surface area contributed by atoms with Gasteiger partial charge in [-0.1, -0.05) is 39.0 Å². The molecule has 1 atom stereocenters. The van der Waals surface area contributed by atoms with Crippen LogP contribution in [-0.2, 0) is 4.79 Å². The predicted molar refractivity (Wildman–Crippen MR) is 103 cm³/mol. The van der Waals surface area contributed by atoms with E-state index in [1.807, 2.05) is 25.7 Å². The number of benzene rings is 1. The average Bonchev–Trinajstić information content (AvgIpc) is 2.53. The molecule has 0 spiro atoms. The molecule has 0 saturated carbocycles. The molecule has 4 heteroatoms. The maximum Gasteiger partial charge on any atom is 0.227 e.